The number of hydrogen-bond donors (Lipinski definition) is 1. The average molecular weight is 363 g/mol. The van der Waals surface area contributed by atoms with Crippen molar-refractivity contribution in [2.75, 3.05) is 14.1 Å². The summed E-state index contributed by atoms with van der Waals surface area (Å²) >= 11 is 0. The number of para-hydroxylation sites is 1. The predicted molar refractivity (Wildman–Crippen MR) is 95.7 cm³/mol. The molecule has 1 atom stereocenters. The molecule has 0 heterocycles. The minimum Gasteiger partial charge on any atom is -0.306 e. The molecule has 25 heavy (non-hydrogen) atoms. The highest BCUT2D eigenvalue weighted by Crippen LogP contribution is 2.21. The van der Waals surface area contributed by atoms with Crippen molar-refractivity contribution in [3.05, 3.63) is 69.8 Å². The molecular weight excluding hydrogens is 342 g/mol. The number of benzene rings is 2. The van der Waals surface area contributed by atoms with Crippen LogP contribution in [0.3, 0.4) is 0 Å². The van der Waals surface area contributed by atoms with E-state index < -0.39 is 14.9 Å². The third-order valence-electron chi connectivity index (χ3n) is 3.95. The Kier molecular flexibility index (Phi) is 5.89. The lowest BCUT2D eigenvalue weighted by Gasteiger charge is -2.16. The molecule has 0 spiro atoms. The average Bonchev–Trinajstić information content (AvgIpc) is 2.59. The Balaban J connectivity index is 2.10. The number of sulfonamides is 1. The predicted octanol–water partition coefficient (Wildman–Crippen LogP) is 2.70. The quantitative estimate of drug-likeness (QED) is 0.603. The van der Waals surface area contributed by atoms with E-state index in [2.05, 4.69) is 5.32 Å². The van der Waals surface area contributed by atoms with Gasteiger partial charge in [0, 0.05) is 38.3 Å². The van der Waals surface area contributed by atoms with Gasteiger partial charge in [-0.25, -0.2) is 12.7 Å². The lowest BCUT2D eigenvalue weighted by atomic mass is 10.1. The van der Waals surface area contributed by atoms with Crippen molar-refractivity contribution in [1.82, 2.24) is 9.62 Å². The van der Waals surface area contributed by atoms with E-state index in [0.717, 1.165) is 9.87 Å². The Morgan fingerprint density at radius 1 is 1.12 bits per heavy atom. The minimum absolute atomic E-state index is 0.0784. The molecule has 0 aliphatic rings. The van der Waals surface area contributed by atoms with Gasteiger partial charge < -0.3 is 5.32 Å². The Labute approximate surface area is 147 Å². The normalized spacial score (nSPS) is 13.0. The fourth-order valence-electron chi connectivity index (χ4n) is 2.36. The maximum Gasteiger partial charge on any atom is 0.273 e. The monoisotopic (exact) mass is 363 g/mol. The molecule has 7 nitrogen and oxygen atoms in total. The van der Waals surface area contributed by atoms with Crippen molar-refractivity contribution >= 4 is 15.7 Å². The molecule has 0 radical (unpaired) electrons. The molecule has 0 saturated carbocycles. The molecule has 0 fully saturated rings. The van der Waals surface area contributed by atoms with Gasteiger partial charge in [0.05, 0.1) is 9.82 Å². The van der Waals surface area contributed by atoms with Crippen LogP contribution >= 0.6 is 0 Å². The summed E-state index contributed by atoms with van der Waals surface area (Å²) < 4.78 is 25.3. The molecule has 0 bridgehead atoms. The number of rotatable bonds is 7. The van der Waals surface area contributed by atoms with E-state index >= 15 is 0 Å². The van der Waals surface area contributed by atoms with Crippen molar-refractivity contribution in [3.8, 4) is 0 Å². The molecule has 1 N–H and O–H groups in total. The van der Waals surface area contributed by atoms with Crippen LogP contribution in [-0.2, 0) is 16.6 Å². The molecule has 8 heteroatoms. The van der Waals surface area contributed by atoms with E-state index in [-0.39, 0.29) is 16.6 Å². The first-order valence-corrected chi connectivity index (χ1v) is 9.15. The molecule has 2 aromatic carbocycles. The SMILES string of the molecule is CC(NCc1ccccc1[N+](=O)[O-])c1ccc(S(=O)(=O)N(C)C)cc1. The van der Waals surface area contributed by atoms with Crippen molar-refractivity contribution in [1.29, 1.82) is 0 Å². The summed E-state index contributed by atoms with van der Waals surface area (Å²) in [5.41, 5.74) is 1.58. The van der Waals surface area contributed by atoms with Crippen molar-refractivity contribution < 1.29 is 13.3 Å². The highest BCUT2D eigenvalue weighted by molar-refractivity contribution is 7.89. The third kappa shape index (κ3) is 4.41. The van der Waals surface area contributed by atoms with E-state index in [1.165, 1.54) is 20.2 Å². The second-order valence-corrected chi connectivity index (χ2v) is 8.00. The number of hydrogen-bond acceptors (Lipinski definition) is 5. The summed E-state index contributed by atoms with van der Waals surface area (Å²) in [6.45, 7) is 2.26. The van der Waals surface area contributed by atoms with Crippen LogP contribution in [0.25, 0.3) is 0 Å². The van der Waals surface area contributed by atoms with Crippen LogP contribution in [0.4, 0.5) is 5.69 Å². The molecule has 0 saturated heterocycles. The van der Waals surface area contributed by atoms with Crippen LogP contribution < -0.4 is 5.32 Å². The summed E-state index contributed by atoms with van der Waals surface area (Å²) in [4.78, 5) is 10.9. The number of nitrogens with zero attached hydrogens (tertiary/aromatic N) is 2. The number of nitrogens with one attached hydrogen (secondary N) is 1. The zero-order chi connectivity index (χ0) is 18.6. The molecule has 0 aromatic heterocycles. The zero-order valence-corrected chi connectivity index (χ0v) is 15.2. The van der Waals surface area contributed by atoms with Crippen LogP contribution in [0.1, 0.15) is 24.1 Å². The van der Waals surface area contributed by atoms with Gasteiger partial charge in [-0.05, 0) is 24.6 Å². The van der Waals surface area contributed by atoms with Crippen LogP contribution in [0.2, 0.25) is 0 Å². The number of nitro groups is 1. The minimum atomic E-state index is -3.45. The van der Waals surface area contributed by atoms with Crippen molar-refractivity contribution in [2.24, 2.45) is 0 Å². The van der Waals surface area contributed by atoms with Crippen LogP contribution in [-0.4, -0.2) is 31.7 Å². The fourth-order valence-corrected chi connectivity index (χ4v) is 3.26. The fraction of sp³-hybridized carbons (Fsp3) is 0.294. The summed E-state index contributed by atoms with van der Waals surface area (Å²) in [6.07, 6.45) is 0. The summed E-state index contributed by atoms with van der Waals surface area (Å²) in [5.74, 6) is 0. The van der Waals surface area contributed by atoms with Gasteiger partial charge in [-0.15, -0.1) is 0 Å². The maximum absolute atomic E-state index is 12.1. The van der Waals surface area contributed by atoms with E-state index in [9.17, 15) is 18.5 Å². The second kappa shape index (κ2) is 7.73. The molecular formula is C17H21N3O4S. The molecule has 0 aliphatic carbocycles. The van der Waals surface area contributed by atoms with Gasteiger partial charge in [-0.1, -0.05) is 30.3 Å². The zero-order valence-electron chi connectivity index (χ0n) is 14.3. The van der Waals surface area contributed by atoms with Crippen molar-refractivity contribution in [2.45, 2.75) is 24.4 Å². The summed E-state index contributed by atoms with van der Waals surface area (Å²) in [7, 11) is -0.479. The molecule has 2 rings (SSSR count). The van der Waals surface area contributed by atoms with E-state index in [1.807, 2.05) is 6.92 Å². The highest BCUT2D eigenvalue weighted by Gasteiger charge is 2.18. The van der Waals surface area contributed by atoms with Gasteiger partial charge in [0.1, 0.15) is 0 Å². The van der Waals surface area contributed by atoms with Crippen LogP contribution in [0, 0.1) is 10.1 Å². The van der Waals surface area contributed by atoms with E-state index in [1.54, 1.807) is 42.5 Å². The Morgan fingerprint density at radius 3 is 2.28 bits per heavy atom. The second-order valence-electron chi connectivity index (χ2n) is 5.84. The Bertz CT molecular complexity index is 848. The van der Waals surface area contributed by atoms with Gasteiger partial charge in [0.2, 0.25) is 10.0 Å². The van der Waals surface area contributed by atoms with Gasteiger partial charge in [0.25, 0.3) is 5.69 Å². The summed E-state index contributed by atoms with van der Waals surface area (Å²) in [5, 5.41) is 14.3. The van der Waals surface area contributed by atoms with E-state index in [0.29, 0.717) is 12.1 Å². The molecule has 1 unspecified atom stereocenters. The molecule has 2 aromatic rings. The van der Waals surface area contributed by atoms with E-state index in [4.69, 9.17) is 0 Å². The largest absolute Gasteiger partial charge is 0.306 e. The van der Waals surface area contributed by atoms with Crippen molar-refractivity contribution in [3.63, 3.8) is 0 Å². The molecule has 134 valence electrons. The first-order chi connectivity index (χ1) is 11.7. The maximum atomic E-state index is 12.1. The lowest BCUT2D eigenvalue weighted by Crippen LogP contribution is -2.22. The third-order valence-corrected chi connectivity index (χ3v) is 5.78. The lowest BCUT2D eigenvalue weighted by molar-refractivity contribution is -0.385. The standard InChI is InChI=1S/C17H21N3O4S/c1-13(18-12-15-6-4-5-7-17(15)20(21)22)14-8-10-16(11-9-14)25(23,24)19(2)3/h4-11,13,18H,12H2,1-3H3. The molecule has 0 amide bonds. The smallest absolute Gasteiger partial charge is 0.273 e. The highest BCUT2D eigenvalue weighted by atomic mass is 32.2. The number of nitro benzene ring substituents is 1. The van der Waals surface area contributed by atoms with Gasteiger partial charge in [0.15, 0.2) is 0 Å². The van der Waals surface area contributed by atoms with Crippen LogP contribution in [0.15, 0.2) is 53.4 Å². The Morgan fingerprint density at radius 2 is 1.72 bits per heavy atom. The topological polar surface area (TPSA) is 92.5 Å². The van der Waals surface area contributed by atoms with Crippen LogP contribution in [0.5, 0.6) is 0 Å². The molecule has 0 aliphatic heterocycles. The Hall–Kier alpha value is -2.29. The summed E-state index contributed by atoms with van der Waals surface area (Å²) in [6, 6.07) is 13.1. The van der Waals surface area contributed by atoms with Gasteiger partial charge >= 0.3 is 0 Å². The first-order valence-electron chi connectivity index (χ1n) is 7.71. The van der Waals surface area contributed by atoms with Gasteiger partial charge in [-0.2, -0.15) is 0 Å². The van der Waals surface area contributed by atoms with Gasteiger partial charge in [-0.3, -0.25) is 10.1 Å². The first kappa shape index (κ1) is 19.0.